The van der Waals surface area contributed by atoms with E-state index in [2.05, 4.69) is 111 Å². The molecule has 1 fully saturated rings. The Kier molecular flexibility index (Phi) is 41.1. The molecule has 0 aromatic carbocycles. The third-order valence-electron chi connectivity index (χ3n) is 11.5. The molecule has 1 saturated carbocycles. The zero-order chi connectivity index (χ0) is 49.8. The van der Waals surface area contributed by atoms with Gasteiger partial charge in [-0.05, 0) is 89.9 Å². The van der Waals surface area contributed by atoms with Crippen molar-refractivity contribution >= 4 is 13.8 Å². The molecule has 0 radical (unpaired) electrons. The fourth-order valence-corrected chi connectivity index (χ4v) is 8.37. The van der Waals surface area contributed by atoms with Crippen LogP contribution in [0.15, 0.2) is 97.2 Å². The van der Waals surface area contributed by atoms with E-state index in [1.165, 1.54) is 32.1 Å². The quantitative estimate of drug-likeness (QED) is 0.0147. The van der Waals surface area contributed by atoms with Crippen LogP contribution >= 0.6 is 7.82 Å². The van der Waals surface area contributed by atoms with Crippen LogP contribution in [0.3, 0.4) is 0 Å². The lowest BCUT2D eigenvalue weighted by Gasteiger charge is -2.41. The smallest absolute Gasteiger partial charge is 0.457 e. The van der Waals surface area contributed by atoms with Gasteiger partial charge in [0.25, 0.3) is 0 Å². The lowest BCUT2D eigenvalue weighted by Crippen LogP contribution is -2.64. The highest BCUT2D eigenvalue weighted by Gasteiger charge is 2.51. The molecule has 1 aliphatic rings. The summed E-state index contributed by atoms with van der Waals surface area (Å²) in [4.78, 5) is 23.3. The van der Waals surface area contributed by atoms with Gasteiger partial charge in [0.1, 0.15) is 42.7 Å². The van der Waals surface area contributed by atoms with Crippen molar-refractivity contribution < 1.29 is 58.3 Å². The third kappa shape index (κ3) is 35.4. The van der Waals surface area contributed by atoms with Crippen molar-refractivity contribution in [3.05, 3.63) is 97.2 Å². The number of ether oxygens (including phenoxy) is 2. The van der Waals surface area contributed by atoms with E-state index in [0.29, 0.717) is 13.0 Å². The fourth-order valence-electron chi connectivity index (χ4n) is 7.40. The second-order valence-electron chi connectivity index (χ2n) is 17.6. The van der Waals surface area contributed by atoms with Gasteiger partial charge in [-0.2, -0.15) is 0 Å². The van der Waals surface area contributed by atoms with Crippen molar-refractivity contribution in [3.8, 4) is 0 Å². The molecule has 12 nitrogen and oxygen atoms in total. The summed E-state index contributed by atoms with van der Waals surface area (Å²) in [5, 5.41) is 50.3. The Hall–Kier alpha value is -2.74. The van der Waals surface area contributed by atoms with Gasteiger partial charge in [-0.1, -0.05) is 182 Å². The number of phosphoric acid groups is 1. The summed E-state index contributed by atoms with van der Waals surface area (Å²) in [6.07, 6.45) is 48.9. The molecule has 0 amide bonds. The van der Waals surface area contributed by atoms with E-state index in [0.717, 1.165) is 122 Å². The Morgan fingerprint density at radius 1 is 0.471 bits per heavy atom. The van der Waals surface area contributed by atoms with Crippen LogP contribution in [0.25, 0.3) is 0 Å². The lowest BCUT2D eigenvalue weighted by atomic mass is 9.85. The molecule has 13 heteroatoms. The van der Waals surface area contributed by atoms with Gasteiger partial charge in [0.05, 0.1) is 13.2 Å². The molecule has 6 atom stereocenters. The van der Waals surface area contributed by atoms with Crippen molar-refractivity contribution in [3.63, 3.8) is 0 Å². The van der Waals surface area contributed by atoms with Gasteiger partial charge in [0, 0.05) is 13.0 Å². The van der Waals surface area contributed by atoms with Crippen molar-refractivity contribution in [2.45, 2.75) is 224 Å². The predicted molar refractivity (Wildman–Crippen MR) is 276 cm³/mol. The Morgan fingerprint density at radius 2 is 0.824 bits per heavy atom. The number of carbonyl (C=O) groups is 1. The van der Waals surface area contributed by atoms with Gasteiger partial charge in [-0.25, -0.2) is 4.57 Å². The number of aliphatic hydroxyl groups is 5. The SMILES string of the molecule is CC/C=C\C/C=C\C/C=C\C/C=C\C/C=C\CCCCCCCCCCOCC(COP(=O)(O)OC1C(O)C(O)C(O)C(O)C1O)OC(=O)CCCCCCCCC/C=C\C/C=C\C/C=C\CC. The second-order valence-corrected chi connectivity index (χ2v) is 19.0. The van der Waals surface area contributed by atoms with E-state index in [1.807, 2.05) is 0 Å². The molecule has 0 aliphatic heterocycles. The number of carbonyl (C=O) groups excluding carboxylic acids is 1. The van der Waals surface area contributed by atoms with Crippen molar-refractivity contribution in [2.75, 3.05) is 19.8 Å². The average Bonchev–Trinajstić information content (AvgIpc) is 3.32. The molecule has 0 spiro atoms. The molecular formula is C55H93O12P. The molecule has 6 unspecified atom stereocenters. The highest BCUT2D eigenvalue weighted by atomic mass is 31.2. The minimum absolute atomic E-state index is 0.0928. The normalized spacial score (nSPS) is 21.9. The first-order valence-corrected chi connectivity index (χ1v) is 27.6. The maximum atomic E-state index is 12.9. The average molecular weight is 977 g/mol. The molecule has 0 aromatic rings. The highest BCUT2D eigenvalue weighted by Crippen LogP contribution is 2.47. The largest absolute Gasteiger partial charge is 0.472 e. The summed E-state index contributed by atoms with van der Waals surface area (Å²) in [7, 11) is -5.04. The second kappa shape index (κ2) is 44.2. The molecule has 1 aliphatic carbocycles. The summed E-state index contributed by atoms with van der Waals surface area (Å²) in [5.74, 6) is -0.494. The number of hydrogen-bond acceptors (Lipinski definition) is 11. The number of esters is 1. The summed E-state index contributed by atoms with van der Waals surface area (Å²) < 4.78 is 34.3. The van der Waals surface area contributed by atoms with Crippen LogP contribution in [-0.2, 0) is 27.9 Å². The van der Waals surface area contributed by atoms with Crippen molar-refractivity contribution in [1.29, 1.82) is 0 Å². The van der Waals surface area contributed by atoms with Crippen LogP contribution in [0.2, 0.25) is 0 Å². The molecule has 0 saturated heterocycles. The zero-order valence-electron chi connectivity index (χ0n) is 41.9. The van der Waals surface area contributed by atoms with E-state index in [9.17, 15) is 39.8 Å². The maximum Gasteiger partial charge on any atom is 0.472 e. The zero-order valence-corrected chi connectivity index (χ0v) is 42.8. The van der Waals surface area contributed by atoms with Gasteiger partial charge in [-0.15, -0.1) is 0 Å². The Balaban J connectivity index is 2.34. The highest BCUT2D eigenvalue weighted by molar-refractivity contribution is 7.47. The first-order chi connectivity index (χ1) is 33.0. The molecule has 0 heterocycles. The Bertz CT molecular complexity index is 1490. The van der Waals surface area contributed by atoms with E-state index in [4.69, 9.17) is 18.5 Å². The monoisotopic (exact) mass is 977 g/mol. The van der Waals surface area contributed by atoms with E-state index in [1.54, 1.807) is 0 Å². The first kappa shape index (κ1) is 63.3. The standard InChI is InChI=1S/C55H93O12P/c1-3-5-7-9-11-13-15-17-19-21-22-23-24-25-26-27-29-31-33-35-37-39-41-43-45-64-46-48(47-65-68(62,63)67-55-53(60)51(58)50(57)52(59)54(55)61)66-49(56)44-42-40-38-36-34-32-30-28-20-18-16-14-12-10-8-6-4-2/h5-8,11-14,17-20,22-23,25-26,48,50-55,57-61H,3-4,9-10,15-16,21,24,27-47H2,1-2H3,(H,62,63)/b7-5-,8-6-,13-11-,14-12-,19-17-,20-18-,23-22-,26-25-. The lowest BCUT2D eigenvalue weighted by molar-refractivity contribution is -0.220. The van der Waals surface area contributed by atoms with Crippen LogP contribution in [0, 0.1) is 0 Å². The topological polar surface area (TPSA) is 192 Å². The predicted octanol–water partition coefficient (Wildman–Crippen LogP) is 11.9. The van der Waals surface area contributed by atoms with Crippen LogP contribution in [0.4, 0.5) is 0 Å². The summed E-state index contributed by atoms with van der Waals surface area (Å²) >= 11 is 0. The first-order valence-electron chi connectivity index (χ1n) is 26.1. The number of unbranched alkanes of at least 4 members (excludes halogenated alkanes) is 15. The van der Waals surface area contributed by atoms with Gasteiger partial charge >= 0.3 is 13.8 Å². The molecule has 390 valence electrons. The maximum absolute atomic E-state index is 12.9. The van der Waals surface area contributed by atoms with E-state index < -0.39 is 63.1 Å². The van der Waals surface area contributed by atoms with Gasteiger partial charge < -0.3 is 39.9 Å². The minimum atomic E-state index is -5.04. The Morgan fingerprint density at radius 3 is 1.25 bits per heavy atom. The number of allylic oxidation sites excluding steroid dienone is 16. The van der Waals surface area contributed by atoms with Gasteiger partial charge in [0.15, 0.2) is 0 Å². The Labute approximate surface area is 411 Å². The number of aliphatic hydroxyl groups excluding tert-OH is 5. The molecule has 6 N–H and O–H groups in total. The molecule has 0 bridgehead atoms. The molecule has 0 aromatic heterocycles. The fraction of sp³-hybridized carbons (Fsp3) is 0.691. The number of phosphoric ester groups is 1. The van der Waals surface area contributed by atoms with Crippen molar-refractivity contribution in [2.24, 2.45) is 0 Å². The van der Waals surface area contributed by atoms with Crippen LogP contribution < -0.4 is 0 Å². The number of hydrogen-bond donors (Lipinski definition) is 6. The minimum Gasteiger partial charge on any atom is -0.457 e. The summed E-state index contributed by atoms with van der Waals surface area (Å²) in [5.41, 5.74) is 0. The molecule has 68 heavy (non-hydrogen) atoms. The number of rotatable bonds is 43. The van der Waals surface area contributed by atoms with Gasteiger partial charge in [-0.3, -0.25) is 13.8 Å². The van der Waals surface area contributed by atoms with Crippen LogP contribution in [0.1, 0.15) is 181 Å². The van der Waals surface area contributed by atoms with Crippen molar-refractivity contribution in [1.82, 2.24) is 0 Å². The summed E-state index contributed by atoms with van der Waals surface area (Å²) in [6.45, 7) is 4.00. The summed E-state index contributed by atoms with van der Waals surface area (Å²) in [6, 6.07) is 0. The molecular weight excluding hydrogens is 884 g/mol. The molecule has 1 rings (SSSR count). The van der Waals surface area contributed by atoms with Crippen LogP contribution in [0.5, 0.6) is 0 Å². The van der Waals surface area contributed by atoms with E-state index >= 15 is 0 Å². The van der Waals surface area contributed by atoms with Gasteiger partial charge in [0.2, 0.25) is 0 Å². The third-order valence-corrected chi connectivity index (χ3v) is 12.4. The van der Waals surface area contributed by atoms with E-state index in [-0.39, 0.29) is 13.0 Å². The van der Waals surface area contributed by atoms with Crippen LogP contribution in [-0.4, -0.2) is 98.9 Å².